The van der Waals surface area contributed by atoms with Crippen LogP contribution in [-0.2, 0) is 9.47 Å². The van der Waals surface area contributed by atoms with Crippen LogP contribution >= 0.6 is 0 Å². The molecule has 1 aliphatic rings. The first-order valence-corrected chi connectivity index (χ1v) is 5.76. The lowest BCUT2D eigenvalue weighted by Gasteiger charge is -2.20. The fourth-order valence-electron chi connectivity index (χ4n) is 2.10. The van der Waals surface area contributed by atoms with Crippen molar-refractivity contribution in [3.8, 4) is 6.07 Å². The molecular weight excluding hydrogens is 270 g/mol. The summed E-state index contributed by atoms with van der Waals surface area (Å²) in [6, 6.07) is 1.64. The molecule has 0 amide bonds. The molecule has 0 spiro atoms. The SMILES string of the molecule is COC1C(O)[C@H](CO)O[C@@H]1n1cc(C#N)c(=O)[nH]c1=O. The zero-order valence-electron chi connectivity index (χ0n) is 10.5. The van der Waals surface area contributed by atoms with Gasteiger partial charge in [0.05, 0.1) is 6.61 Å². The van der Waals surface area contributed by atoms with E-state index in [2.05, 4.69) is 0 Å². The van der Waals surface area contributed by atoms with Gasteiger partial charge in [-0.25, -0.2) is 4.79 Å². The molecule has 0 bridgehead atoms. The molecule has 1 aromatic heterocycles. The number of aliphatic hydroxyl groups excluding tert-OH is 2. The molecule has 9 nitrogen and oxygen atoms in total. The molecular formula is C11H13N3O6. The van der Waals surface area contributed by atoms with E-state index in [-0.39, 0.29) is 5.56 Å². The summed E-state index contributed by atoms with van der Waals surface area (Å²) in [6.07, 6.45) is -3.00. The van der Waals surface area contributed by atoms with Gasteiger partial charge in [-0.1, -0.05) is 0 Å². The average molecular weight is 283 g/mol. The predicted octanol–water partition coefficient (Wildman–Crippen LogP) is -2.33. The number of aliphatic hydroxyl groups is 2. The third kappa shape index (κ3) is 2.25. The second-order valence-electron chi connectivity index (χ2n) is 4.26. The van der Waals surface area contributed by atoms with E-state index in [9.17, 15) is 14.7 Å². The molecule has 2 unspecified atom stereocenters. The number of hydrogen-bond donors (Lipinski definition) is 3. The fourth-order valence-corrected chi connectivity index (χ4v) is 2.10. The van der Waals surface area contributed by atoms with Crippen molar-refractivity contribution in [3.05, 3.63) is 32.6 Å². The highest BCUT2D eigenvalue weighted by atomic mass is 16.6. The molecule has 0 aliphatic carbocycles. The Morgan fingerprint density at radius 1 is 1.60 bits per heavy atom. The number of nitrogens with one attached hydrogen (secondary N) is 1. The summed E-state index contributed by atoms with van der Waals surface area (Å²) in [7, 11) is 1.31. The van der Waals surface area contributed by atoms with Crippen molar-refractivity contribution in [2.45, 2.75) is 24.5 Å². The third-order valence-electron chi connectivity index (χ3n) is 3.13. The Morgan fingerprint density at radius 2 is 2.30 bits per heavy atom. The summed E-state index contributed by atoms with van der Waals surface area (Å²) in [4.78, 5) is 25.1. The molecule has 9 heteroatoms. The smallest absolute Gasteiger partial charge is 0.330 e. The summed E-state index contributed by atoms with van der Waals surface area (Å²) in [5.41, 5.74) is -1.88. The van der Waals surface area contributed by atoms with Crippen LogP contribution in [0.5, 0.6) is 0 Å². The van der Waals surface area contributed by atoms with Crippen LogP contribution in [-0.4, -0.2) is 51.8 Å². The third-order valence-corrected chi connectivity index (χ3v) is 3.13. The van der Waals surface area contributed by atoms with Crippen LogP contribution in [0.3, 0.4) is 0 Å². The van der Waals surface area contributed by atoms with Gasteiger partial charge in [0.2, 0.25) is 0 Å². The van der Waals surface area contributed by atoms with Gasteiger partial charge in [0.15, 0.2) is 6.23 Å². The Bertz CT molecular complexity index is 645. The van der Waals surface area contributed by atoms with E-state index in [0.29, 0.717) is 0 Å². The normalized spacial score (nSPS) is 29.3. The van der Waals surface area contributed by atoms with Crippen molar-refractivity contribution in [3.63, 3.8) is 0 Å². The fraction of sp³-hybridized carbons (Fsp3) is 0.545. The molecule has 1 aliphatic heterocycles. The van der Waals surface area contributed by atoms with Crippen LogP contribution in [0, 0.1) is 11.3 Å². The zero-order valence-corrected chi connectivity index (χ0v) is 10.5. The van der Waals surface area contributed by atoms with Crippen molar-refractivity contribution in [2.24, 2.45) is 0 Å². The quantitative estimate of drug-likeness (QED) is 0.565. The maximum Gasteiger partial charge on any atom is 0.330 e. The average Bonchev–Trinajstić information content (AvgIpc) is 2.75. The molecule has 20 heavy (non-hydrogen) atoms. The van der Waals surface area contributed by atoms with Gasteiger partial charge >= 0.3 is 5.69 Å². The van der Waals surface area contributed by atoms with Crippen molar-refractivity contribution < 1.29 is 19.7 Å². The van der Waals surface area contributed by atoms with E-state index in [4.69, 9.17) is 19.8 Å². The van der Waals surface area contributed by atoms with E-state index in [1.54, 1.807) is 6.07 Å². The number of nitriles is 1. The van der Waals surface area contributed by atoms with Gasteiger partial charge in [-0.15, -0.1) is 0 Å². The van der Waals surface area contributed by atoms with Gasteiger partial charge in [-0.3, -0.25) is 14.3 Å². The maximum atomic E-state index is 11.8. The van der Waals surface area contributed by atoms with Crippen LogP contribution in [0.15, 0.2) is 15.8 Å². The van der Waals surface area contributed by atoms with Gasteiger partial charge in [0.1, 0.15) is 29.9 Å². The summed E-state index contributed by atoms with van der Waals surface area (Å²) in [5.74, 6) is 0. The van der Waals surface area contributed by atoms with Gasteiger partial charge in [-0.05, 0) is 0 Å². The highest BCUT2D eigenvalue weighted by molar-refractivity contribution is 5.22. The number of hydrogen-bond acceptors (Lipinski definition) is 7. The molecule has 4 atom stereocenters. The van der Waals surface area contributed by atoms with Crippen LogP contribution in [0.4, 0.5) is 0 Å². The number of nitrogens with zero attached hydrogens (tertiary/aromatic N) is 2. The number of rotatable bonds is 3. The molecule has 0 aromatic carbocycles. The number of H-pyrrole nitrogens is 1. The zero-order chi connectivity index (χ0) is 14.9. The Morgan fingerprint density at radius 3 is 2.85 bits per heavy atom. The van der Waals surface area contributed by atoms with E-state index >= 15 is 0 Å². The predicted molar refractivity (Wildman–Crippen MR) is 63.8 cm³/mol. The van der Waals surface area contributed by atoms with Crippen LogP contribution in [0.2, 0.25) is 0 Å². The van der Waals surface area contributed by atoms with Gasteiger partial charge in [0, 0.05) is 13.3 Å². The van der Waals surface area contributed by atoms with Gasteiger partial charge in [-0.2, -0.15) is 5.26 Å². The first kappa shape index (κ1) is 14.4. The molecule has 2 rings (SSSR count). The number of ether oxygens (including phenoxy) is 2. The van der Waals surface area contributed by atoms with Crippen LogP contribution in [0.1, 0.15) is 11.8 Å². The Hall–Kier alpha value is -1.99. The number of aromatic nitrogens is 2. The van der Waals surface area contributed by atoms with E-state index in [1.165, 1.54) is 7.11 Å². The first-order chi connectivity index (χ1) is 9.53. The van der Waals surface area contributed by atoms with Gasteiger partial charge < -0.3 is 19.7 Å². The number of aromatic amines is 1. The van der Waals surface area contributed by atoms with Crippen LogP contribution in [0.25, 0.3) is 0 Å². The monoisotopic (exact) mass is 283 g/mol. The standard InChI is InChI=1S/C11H13N3O6/c1-19-8-7(16)6(4-15)20-10(8)14-3-5(2-12)9(17)13-11(14)18/h3,6-8,10,15-16H,4H2,1H3,(H,13,17,18)/t6-,7?,8?,10-/m0/s1. The Kier molecular flexibility index (Phi) is 4.01. The van der Waals surface area contributed by atoms with Crippen molar-refractivity contribution >= 4 is 0 Å². The minimum absolute atomic E-state index is 0.273. The first-order valence-electron chi connectivity index (χ1n) is 5.76. The summed E-state index contributed by atoms with van der Waals surface area (Å²) < 4.78 is 11.4. The second-order valence-corrected chi connectivity index (χ2v) is 4.26. The van der Waals surface area contributed by atoms with E-state index < -0.39 is 42.4 Å². The van der Waals surface area contributed by atoms with Crippen LogP contribution < -0.4 is 11.2 Å². The maximum absolute atomic E-state index is 11.8. The highest BCUT2D eigenvalue weighted by Crippen LogP contribution is 2.30. The van der Waals surface area contributed by atoms with E-state index in [0.717, 1.165) is 10.8 Å². The minimum atomic E-state index is -1.14. The molecule has 0 saturated carbocycles. The molecule has 1 aromatic rings. The molecule has 1 fully saturated rings. The van der Waals surface area contributed by atoms with Crippen molar-refractivity contribution in [1.29, 1.82) is 5.26 Å². The molecule has 3 N–H and O–H groups in total. The topological polar surface area (TPSA) is 138 Å². The summed E-state index contributed by atoms with van der Waals surface area (Å²) in [5, 5.41) is 27.8. The molecule has 2 heterocycles. The highest BCUT2D eigenvalue weighted by Gasteiger charge is 2.45. The molecule has 1 saturated heterocycles. The molecule has 108 valence electrons. The summed E-state index contributed by atoms with van der Waals surface area (Å²) >= 11 is 0. The number of methoxy groups -OCH3 is 1. The van der Waals surface area contributed by atoms with Crippen molar-refractivity contribution in [2.75, 3.05) is 13.7 Å². The van der Waals surface area contributed by atoms with Gasteiger partial charge in [0.25, 0.3) is 5.56 Å². The molecule has 0 radical (unpaired) electrons. The Labute approximate surface area is 112 Å². The van der Waals surface area contributed by atoms with Crippen molar-refractivity contribution in [1.82, 2.24) is 9.55 Å². The largest absolute Gasteiger partial charge is 0.394 e. The summed E-state index contributed by atoms with van der Waals surface area (Å²) in [6.45, 7) is -0.458. The second kappa shape index (κ2) is 5.56. The van der Waals surface area contributed by atoms with E-state index in [1.807, 2.05) is 4.98 Å². The Balaban J connectivity index is 2.49. The lowest BCUT2D eigenvalue weighted by molar-refractivity contribution is -0.0625. The minimum Gasteiger partial charge on any atom is -0.394 e. The lowest BCUT2D eigenvalue weighted by atomic mass is 10.1. The lowest BCUT2D eigenvalue weighted by Crippen LogP contribution is -2.39.